The third-order valence-electron chi connectivity index (χ3n) is 5.92. The molecule has 0 unspecified atom stereocenters. The van der Waals surface area contributed by atoms with Crippen LogP contribution in [0.15, 0.2) is 54.6 Å². The molecule has 2 aromatic carbocycles. The standard InChI is InChI=1S/C29H34N4O2S/c1-18-12-13-22-19(2)31-32-27(24(22)16-18)30-20(3)25-14-15-26(36-25)23-11-9-8-10-21(23)17-33(7)28(34)35-29(4,5)6/h8-16,20H,17H2,1-7H3,(H,30,32)/t20-/m1/s1. The monoisotopic (exact) mass is 502 g/mol. The van der Waals surface area contributed by atoms with E-state index in [9.17, 15) is 4.79 Å². The molecule has 4 aromatic rings. The highest BCUT2D eigenvalue weighted by Crippen LogP contribution is 2.35. The molecule has 0 radical (unpaired) electrons. The smallest absolute Gasteiger partial charge is 0.410 e. The number of ether oxygens (including phenoxy) is 1. The molecule has 1 N–H and O–H groups in total. The fourth-order valence-electron chi connectivity index (χ4n) is 4.07. The zero-order valence-corrected chi connectivity index (χ0v) is 22.9. The van der Waals surface area contributed by atoms with Gasteiger partial charge in [0.25, 0.3) is 0 Å². The fraction of sp³-hybridized carbons (Fsp3) is 0.345. The first kappa shape index (κ1) is 25.6. The zero-order valence-electron chi connectivity index (χ0n) is 22.0. The van der Waals surface area contributed by atoms with Crippen LogP contribution in [0.3, 0.4) is 0 Å². The first-order valence-electron chi connectivity index (χ1n) is 12.1. The van der Waals surface area contributed by atoms with Crippen molar-refractivity contribution in [1.82, 2.24) is 15.1 Å². The van der Waals surface area contributed by atoms with Gasteiger partial charge in [-0.25, -0.2) is 4.79 Å². The maximum atomic E-state index is 12.5. The van der Waals surface area contributed by atoms with Gasteiger partial charge in [-0.15, -0.1) is 16.4 Å². The molecule has 2 aromatic heterocycles. The van der Waals surface area contributed by atoms with Crippen molar-refractivity contribution in [2.75, 3.05) is 12.4 Å². The van der Waals surface area contributed by atoms with Crippen molar-refractivity contribution in [2.24, 2.45) is 0 Å². The Morgan fingerprint density at radius 1 is 1.06 bits per heavy atom. The van der Waals surface area contributed by atoms with Crippen LogP contribution in [-0.2, 0) is 11.3 Å². The summed E-state index contributed by atoms with van der Waals surface area (Å²) in [6.45, 7) is 12.3. The highest BCUT2D eigenvalue weighted by Gasteiger charge is 2.21. The summed E-state index contributed by atoms with van der Waals surface area (Å²) in [7, 11) is 1.77. The summed E-state index contributed by atoms with van der Waals surface area (Å²) in [5, 5.41) is 14.6. The Morgan fingerprint density at radius 3 is 2.56 bits per heavy atom. The minimum Gasteiger partial charge on any atom is -0.444 e. The molecule has 0 aliphatic rings. The van der Waals surface area contributed by atoms with Crippen LogP contribution in [0.2, 0.25) is 0 Å². The molecule has 36 heavy (non-hydrogen) atoms. The third-order valence-corrected chi connectivity index (χ3v) is 7.22. The molecular formula is C29H34N4O2S. The third kappa shape index (κ3) is 5.85. The van der Waals surface area contributed by atoms with Gasteiger partial charge in [0.1, 0.15) is 5.60 Å². The molecule has 0 aliphatic carbocycles. The molecular weight excluding hydrogens is 468 g/mol. The number of aryl methyl sites for hydroxylation is 2. The normalized spacial score (nSPS) is 12.4. The van der Waals surface area contributed by atoms with Crippen molar-refractivity contribution < 1.29 is 9.53 Å². The van der Waals surface area contributed by atoms with Gasteiger partial charge < -0.3 is 15.0 Å². The van der Waals surface area contributed by atoms with Crippen LogP contribution >= 0.6 is 11.3 Å². The minimum atomic E-state index is -0.525. The summed E-state index contributed by atoms with van der Waals surface area (Å²) in [6, 6.07) is 18.9. The molecule has 0 aliphatic heterocycles. The van der Waals surface area contributed by atoms with E-state index < -0.39 is 5.60 Å². The van der Waals surface area contributed by atoms with Crippen molar-refractivity contribution in [3.8, 4) is 10.4 Å². The molecule has 1 atom stereocenters. The lowest BCUT2D eigenvalue weighted by molar-refractivity contribution is 0.0285. The molecule has 0 saturated heterocycles. The van der Waals surface area contributed by atoms with Crippen molar-refractivity contribution in [3.63, 3.8) is 0 Å². The summed E-state index contributed by atoms with van der Waals surface area (Å²) in [5.41, 5.74) is 3.78. The van der Waals surface area contributed by atoms with Gasteiger partial charge in [0.05, 0.1) is 11.7 Å². The van der Waals surface area contributed by atoms with Crippen LogP contribution in [0, 0.1) is 13.8 Å². The maximum Gasteiger partial charge on any atom is 0.410 e. The Hall–Kier alpha value is -3.45. The molecule has 0 fully saturated rings. The number of carbonyl (C=O) groups is 1. The number of nitrogens with zero attached hydrogens (tertiary/aromatic N) is 3. The lowest BCUT2D eigenvalue weighted by Crippen LogP contribution is -2.33. The predicted octanol–water partition coefficient (Wildman–Crippen LogP) is 7.52. The van der Waals surface area contributed by atoms with Gasteiger partial charge >= 0.3 is 6.09 Å². The fourth-order valence-corrected chi connectivity index (χ4v) is 5.14. The molecule has 2 heterocycles. The first-order valence-corrected chi connectivity index (χ1v) is 13.0. The Kier molecular flexibility index (Phi) is 7.31. The average molecular weight is 503 g/mol. The number of rotatable bonds is 6. The number of amides is 1. The second kappa shape index (κ2) is 10.3. The van der Waals surface area contributed by atoms with E-state index in [1.165, 1.54) is 10.4 Å². The first-order chi connectivity index (χ1) is 17.0. The second-order valence-electron chi connectivity index (χ2n) is 10.2. The molecule has 7 heteroatoms. The largest absolute Gasteiger partial charge is 0.444 e. The minimum absolute atomic E-state index is 0.0565. The van der Waals surface area contributed by atoms with E-state index in [-0.39, 0.29) is 12.1 Å². The summed E-state index contributed by atoms with van der Waals surface area (Å²) >= 11 is 1.74. The van der Waals surface area contributed by atoms with Crippen molar-refractivity contribution in [3.05, 3.63) is 76.3 Å². The van der Waals surface area contributed by atoms with E-state index in [1.54, 1.807) is 23.3 Å². The lowest BCUT2D eigenvalue weighted by atomic mass is 10.1. The van der Waals surface area contributed by atoms with E-state index in [0.717, 1.165) is 38.3 Å². The maximum absolute atomic E-state index is 12.5. The number of hydrogen-bond donors (Lipinski definition) is 1. The van der Waals surface area contributed by atoms with Crippen LogP contribution in [0.1, 0.15) is 55.4 Å². The van der Waals surface area contributed by atoms with Crippen LogP contribution in [0.25, 0.3) is 21.2 Å². The molecule has 0 saturated carbocycles. The van der Waals surface area contributed by atoms with Crippen LogP contribution < -0.4 is 5.32 Å². The van der Waals surface area contributed by atoms with E-state index in [1.807, 2.05) is 39.8 Å². The number of hydrogen-bond acceptors (Lipinski definition) is 6. The molecule has 4 rings (SSSR count). The molecule has 188 valence electrons. The quantitative estimate of drug-likeness (QED) is 0.295. The van der Waals surface area contributed by atoms with Crippen molar-refractivity contribution in [2.45, 2.75) is 59.7 Å². The second-order valence-corrected chi connectivity index (χ2v) is 11.4. The van der Waals surface area contributed by atoms with Crippen LogP contribution in [0.4, 0.5) is 10.6 Å². The van der Waals surface area contributed by atoms with Gasteiger partial charge in [-0.3, -0.25) is 0 Å². The van der Waals surface area contributed by atoms with Gasteiger partial charge in [0.2, 0.25) is 0 Å². The predicted molar refractivity (Wildman–Crippen MR) is 149 cm³/mol. The van der Waals surface area contributed by atoms with Crippen LogP contribution in [-0.4, -0.2) is 33.8 Å². The summed E-state index contributed by atoms with van der Waals surface area (Å²) in [5.74, 6) is 0.793. The van der Waals surface area contributed by atoms with Gasteiger partial charge in [0, 0.05) is 34.1 Å². The number of carbonyl (C=O) groups excluding carboxylic acids is 1. The lowest BCUT2D eigenvalue weighted by Gasteiger charge is -2.25. The summed E-state index contributed by atoms with van der Waals surface area (Å²) in [6.07, 6.45) is -0.330. The van der Waals surface area contributed by atoms with Gasteiger partial charge in [-0.05, 0) is 70.9 Å². The van der Waals surface area contributed by atoms with Gasteiger partial charge in [0.15, 0.2) is 5.82 Å². The van der Waals surface area contributed by atoms with E-state index >= 15 is 0 Å². The topological polar surface area (TPSA) is 67.4 Å². The number of nitrogens with one attached hydrogen (secondary N) is 1. The Labute approximate surface area is 217 Å². The van der Waals surface area contributed by atoms with E-state index in [2.05, 4.69) is 71.8 Å². The number of benzene rings is 2. The summed E-state index contributed by atoms with van der Waals surface area (Å²) < 4.78 is 5.52. The molecule has 0 bridgehead atoms. The molecule has 6 nitrogen and oxygen atoms in total. The van der Waals surface area contributed by atoms with Crippen molar-refractivity contribution in [1.29, 1.82) is 0 Å². The Bertz CT molecular complexity index is 1390. The Morgan fingerprint density at radius 2 is 1.81 bits per heavy atom. The van der Waals surface area contributed by atoms with Crippen LogP contribution in [0.5, 0.6) is 0 Å². The highest BCUT2D eigenvalue weighted by molar-refractivity contribution is 7.15. The highest BCUT2D eigenvalue weighted by atomic mass is 32.1. The summed E-state index contributed by atoms with van der Waals surface area (Å²) in [4.78, 5) is 16.5. The number of thiophene rings is 1. The number of anilines is 1. The molecule has 0 spiro atoms. The number of aromatic nitrogens is 2. The molecule has 1 amide bonds. The van der Waals surface area contributed by atoms with Gasteiger partial charge in [-0.1, -0.05) is 42.0 Å². The van der Waals surface area contributed by atoms with Gasteiger partial charge in [-0.2, -0.15) is 5.10 Å². The Balaban J connectivity index is 1.55. The number of fused-ring (bicyclic) bond motifs is 1. The van der Waals surface area contributed by atoms with Crippen molar-refractivity contribution >= 4 is 34.0 Å². The SMILES string of the molecule is Cc1ccc2c(C)nnc(N[C@H](C)c3ccc(-c4ccccc4CN(C)C(=O)OC(C)(C)C)s3)c2c1. The average Bonchev–Trinajstić information content (AvgIpc) is 3.30. The van der Waals surface area contributed by atoms with E-state index in [0.29, 0.717) is 6.54 Å². The zero-order chi connectivity index (χ0) is 26.0. The van der Waals surface area contributed by atoms with E-state index in [4.69, 9.17) is 4.74 Å².